The van der Waals surface area contributed by atoms with Crippen molar-refractivity contribution >= 4 is 43.6 Å². The highest BCUT2D eigenvalue weighted by Gasteiger charge is 2.19. The molecule has 4 heteroatoms. The summed E-state index contributed by atoms with van der Waals surface area (Å²) >= 11 is 0. The van der Waals surface area contributed by atoms with Gasteiger partial charge in [-0.2, -0.15) is 0 Å². The predicted molar refractivity (Wildman–Crippen MR) is 191 cm³/mol. The molecule has 0 bridgehead atoms. The van der Waals surface area contributed by atoms with Gasteiger partial charge < -0.3 is 0 Å². The highest BCUT2D eigenvalue weighted by Crippen LogP contribution is 2.42. The average molecular weight is 591 g/mol. The Hall–Kier alpha value is -6.00. The van der Waals surface area contributed by atoms with Gasteiger partial charge in [-0.3, -0.25) is 9.13 Å². The van der Waals surface area contributed by atoms with Crippen LogP contribution in [0.15, 0.2) is 146 Å². The molecule has 0 aliphatic rings. The lowest BCUT2D eigenvalue weighted by Crippen LogP contribution is -2.01. The summed E-state index contributed by atoms with van der Waals surface area (Å²) in [6.07, 6.45) is 0. The summed E-state index contributed by atoms with van der Waals surface area (Å²) in [5.41, 5.74) is 11.3. The van der Waals surface area contributed by atoms with Crippen molar-refractivity contribution in [2.24, 2.45) is 0 Å². The van der Waals surface area contributed by atoms with Gasteiger partial charge in [-0.1, -0.05) is 103 Å². The molecule has 0 saturated heterocycles. The molecule has 0 unspecified atom stereocenters. The lowest BCUT2D eigenvalue weighted by atomic mass is 9.90. The molecule has 0 aliphatic carbocycles. The number of imidazole rings is 2. The minimum atomic E-state index is 0.965. The van der Waals surface area contributed by atoms with E-state index < -0.39 is 0 Å². The van der Waals surface area contributed by atoms with Crippen LogP contribution in [0, 0.1) is 13.8 Å². The highest BCUT2D eigenvalue weighted by molar-refractivity contribution is 6.17. The Morgan fingerprint density at radius 3 is 1.39 bits per heavy atom. The zero-order chi connectivity index (χ0) is 30.8. The lowest BCUT2D eigenvalue weighted by Gasteiger charge is -2.19. The number of aryl methyl sites for hydroxylation is 2. The number of fused-ring (bicyclic) bond motifs is 4. The second-order valence-electron chi connectivity index (χ2n) is 11.9. The molecule has 46 heavy (non-hydrogen) atoms. The van der Waals surface area contributed by atoms with E-state index in [-0.39, 0.29) is 0 Å². The van der Waals surface area contributed by atoms with Gasteiger partial charge in [-0.05, 0) is 89.3 Å². The molecule has 0 aliphatic heterocycles. The summed E-state index contributed by atoms with van der Waals surface area (Å²) < 4.78 is 4.60. The Bertz CT molecular complexity index is 2450. The van der Waals surface area contributed by atoms with Crippen LogP contribution >= 0.6 is 0 Å². The average Bonchev–Trinajstić information content (AvgIpc) is 3.62. The number of hydrogen-bond donors (Lipinski definition) is 0. The van der Waals surface area contributed by atoms with Crippen molar-refractivity contribution in [2.75, 3.05) is 0 Å². The zero-order valence-electron chi connectivity index (χ0n) is 25.6. The van der Waals surface area contributed by atoms with E-state index in [4.69, 9.17) is 9.97 Å². The molecule has 9 aromatic rings. The smallest absolute Gasteiger partial charge is 0.111 e. The molecule has 0 radical (unpaired) electrons. The summed E-state index contributed by atoms with van der Waals surface area (Å²) in [5.74, 6) is 1.93. The van der Waals surface area contributed by atoms with Crippen molar-refractivity contribution in [3.8, 4) is 33.6 Å². The summed E-state index contributed by atoms with van der Waals surface area (Å²) in [6, 6.07) is 52.1. The number of nitrogens with zero attached hydrogens (tertiary/aromatic N) is 4. The third kappa shape index (κ3) is 4.00. The Morgan fingerprint density at radius 2 is 0.848 bits per heavy atom. The van der Waals surface area contributed by atoms with E-state index in [1.807, 2.05) is 0 Å². The molecular formula is C42H30N4. The van der Waals surface area contributed by atoms with E-state index in [1.54, 1.807) is 0 Å². The quantitative estimate of drug-likeness (QED) is 0.191. The third-order valence-corrected chi connectivity index (χ3v) is 9.21. The fourth-order valence-corrected chi connectivity index (χ4v) is 7.20. The molecule has 4 nitrogen and oxygen atoms in total. The Morgan fingerprint density at radius 1 is 0.391 bits per heavy atom. The maximum Gasteiger partial charge on any atom is 0.111 e. The van der Waals surface area contributed by atoms with E-state index in [0.717, 1.165) is 45.1 Å². The SMILES string of the molecule is Cc1nc2ccccc2n1-c1cccc2c(-c3ccc(-c4ccccc4)cc3)c3cccc(-n4c(C)nc5ccccc54)c3cc12. The fourth-order valence-electron chi connectivity index (χ4n) is 7.20. The Labute approximate surface area is 266 Å². The summed E-state index contributed by atoms with van der Waals surface area (Å²) in [5, 5.41) is 4.77. The third-order valence-electron chi connectivity index (χ3n) is 9.21. The first-order chi connectivity index (χ1) is 22.7. The zero-order valence-corrected chi connectivity index (χ0v) is 25.6. The molecule has 0 saturated carbocycles. The van der Waals surface area contributed by atoms with Crippen LogP contribution in [0.1, 0.15) is 11.6 Å². The van der Waals surface area contributed by atoms with Crippen LogP contribution < -0.4 is 0 Å². The highest BCUT2D eigenvalue weighted by atomic mass is 15.1. The molecule has 0 amide bonds. The number of benzene rings is 7. The molecule has 0 N–H and O–H groups in total. The number of hydrogen-bond acceptors (Lipinski definition) is 2. The van der Waals surface area contributed by atoms with Crippen LogP contribution in [0.4, 0.5) is 0 Å². The maximum atomic E-state index is 4.93. The van der Waals surface area contributed by atoms with E-state index in [9.17, 15) is 0 Å². The van der Waals surface area contributed by atoms with Crippen LogP contribution in [0.5, 0.6) is 0 Å². The van der Waals surface area contributed by atoms with Crippen LogP contribution in [-0.4, -0.2) is 19.1 Å². The van der Waals surface area contributed by atoms with Crippen molar-refractivity contribution in [1.82, 2.24) is 19.1 Å². The first-order valence-electron chi connectivity index (χ1n) is 15.7. The molecule has 2 aromatic heterocycles. The van der Waals surface area contributed by atoms with Gasteiger partial charge in [-0.15, -0.1) is 0 Å². The van der Waals surface area contributed by atoms with Gasteiger partial charge in [0.2, 0.25) is 0 Å². The van der Waals surface area contributed by atoms with Crippen molar-refractivity contribution in [1.29, 1.82) is 0 Å². The van der Waals surface area contributed by atoms with Crippen LogP contribution in [-0.2, 0) is 0 Å². The minimum Gasteiger partial charge on any atom is -0.296 e. The van der Waals surface area contributed by atoms with Gasteiger partial charge in [-0.25, -0.2) is 9.97 Å². The van der Waals surface area contributed by atoms with Crippen LogP contribution in [0.3, 0.4) is 0 Å². The molecule has 0 atom stereocenters. The van der Waals surface area contributed by atoms with Crippen molar-refractivity contribution in [2.45, 2.75) is 13.8 Å². The van der Waals surface area contributed by atoms with Crippen molar-refractivity contribution < 1.29 is 0 Å². The fraction of sp³-hybridized carbons (Fsp3) is 0.0476. The maximum absolute atomic E-state index is 4.93. The first-order valence-corrected chi connectivity index (χ1v) is 15.7. The Kier molecular flexibility index (Phi) is 5.90. The van der Waals surface area contributed by atoms with E-state index in [2.05, 4.69) is 169 Å². The van der Waals surface area contributed by atoms with Crippen molar-refractivity contribution in [3.05, 3.63) is 157 Å². The van der Waals surface area contributed by atoms with E-state index in [0.29, 0.717) is 0 Å². The first kappa shape index (κ1) is 26.4. The molecule has 218 valence electrons. The van der Waals surface area contributed by atoms with Gasteiger partial charge in [0, 0.05) is 10.8 Å². The lowest BCUT2D eigenvalue weighted by molar-refractivity contribution is 1.01. The molecule has 7 aromatic carbocycles. The van der Waals surface area contributed by atoms with Gasteiger partial charge in [0.05, 0.1) is 33.4 Å². The summed E-state index contributed by atoms with van der Waals surface area (Å²) in [4.78, 5) is 9.86. The van der Waals surface area contributed by atoms with Gasteiger partial charge in [0.1, 0.15) is 11.6 Å². The second kappa shape index (κ2) is 10.3. The molecule has 9 rings (SSSR count). The monoisotopic (exact) mass is 590 g/mol. The molecule has 0 fully saturated rings. The second-order valence-corrected chi connectivity index (χ2v) is 11.9. The van der Waals surface area contributed by atoms with E-state index >= 15 is 0 Å². The van der Waals surface area contributed by atoms with Crippen LogP contribution in [0.25, 0.3) is 77.2 Å². The standard InChI is InChI=1S/C42H30N4/c1-27-43-36-16-6-8-18-40(36)45(27)38-20-10-14-32-34(38)26-35-33(42(32)31-24-22-30(23-25-31)29-12-4-3-5-13-29)15-11-21-39(35)46-28(2)44-37-17-7-9-19-41(37)46/h3-26H,1-2H3. The Balaban J connectivity index is 1.39. The predicted octanol–water partition coefficient (Wildman–Crippen LogP) is 10.6. The molecule has 0 spiro atoms. The number of aromatic nitrogens is 4. The topological polar surface area (TPSA) is 35.6 Å². The largest absolute Gasteiger partial charge is 0.296 e. The van der Waals surface area contributed by atoms with E-state index in [1.165, 1.54) is 43.8 Å². The van der Waals surface area contributed by atoms with Crippen LogP contribution in [0.2, 0.25) is 0 Å². The molecular weight excluding hydrogens is 560 g/mol. The van der Waals surface area contributed by atoms with Crippen molar-refractivity contribution in [3.63, 3.8) is 0 Å². The van der Waals surface area contributed by atoms with Gasteiger partial charge in [0.25, 0.3) is 0 Å². The summed E-state index contributed by atoms with van der Waals surface area (Å²) in [7, 11) is 0. The van der Waals surface area contributed by atoms with Gasteiger partial charge >= 0.3 is 0 Å². The van der Waals surface area contributed by atoms with Gasteiger partial charge in [0.15, 0.2) is 0 Å². The normalized spacial score (nSPS) is 11.7. The number of para-hydroxylation sites is 4. The summed E-state index contributed by atoms with van der Waals surface area (Å²) in [6.45, 7) is 4.19. The molecule has 2 heterocycles. The minimum absolute atomic E-state index is 0.965. The number of rotatable bonds is 4.